The summed E-state index contributed by atoms with van der Waals surface area (Å²) in [4.78, 5) is 0. The zero-order valence-corrected chi connectivity index (χ0v) is 20.3. The standard InChI is InChI=1S/C28H25N3O3S/c1-33-21-13-10-19(11-14-21)26-17-25(24-15-12-18-6-3-4-9-23(18)27(24)32)30-31(26)28(35)29-20-7-5-8-22(16-20)34-2/h3-16,26,32H,17H2,1-2H3,(H,29,35). The van der Waals surface area contributed by atoms with Crippen molar-refractivity contribution in [3.63, 3.8) is 0 Å². The molecule has 1 heterocycles. The first-order valence-electron chi connectivity index (χ1n) is 11.2. The predicted molar refractivity (Wildman–Crippen MR) is 144 cm³/mol. The molecule has 2 N–H and O–H groups in total. The third-order valence-electron chi connectivity index (χ3n) is 6.15. The Morgan fingerprint density at radius 1 is 0.943 bits per heavy atom. The number of nitrogens with zero attached hydrogens (tertiary/aromatic N) is 2. The lowest BCUT2D eigenvalue weighted by Crippen LogP contribution is -2.31. The van der Waals surface area contributed by atoms with Crippen molar-refractivity contribution in [2.24, 2.45) is 5.10 Å². The van der Waals surface area contributed by atoms with Crippen LogP contribution in [-0.2, 0) is 0 Å². The number of phenols is 1. The minimum Gasteiger partial charge on any atom is -0.507 e. The number of benzene rings is 4. The van der Waals surface area contributed by atoms with Gasteiger partial charge in [-0.15, -0.1) is 0 Å². The van der Waals surface area contributed by atoms with E-state index in [0.29, 0.717) is 17.1 Å². The molecule has 0 aromatic heterocycles. The van der Waals surface area contributed by atoms with E-state index >= 15 is 0 Å². The van der Waals surface area contributed by atoms with Gasteiger partial charge in [-0.25, -0.2) is 5.01 Å². The second-order valence-corrected chi connectivity index (χ2v) is 8.62. The molecular formula is C28H25N3O3S. The number of hydrazone groups is 1. The van der Waals surface area contributed by atoms with Crippen LogP contribution in [0.4, 0.5) is 5.69 Å². The van der Waals surface area contributed by atoms with Crippen molar-refractivity contribution in [3.05, 3.63) is 96.1 Å². The van der Waals surface area contributed by atoms with Crippen molar-refractivity contribution >= 4 is 39.5 Å². The van der Waals surface area contributed by atoms with Crippen LogP contribution in [0.5, 0.6) is 17.2 Å². The SMILES string of the molecule is COc1ccc(C2CC(c3ccc4ccccc4c3O)=NN2C(=S)Nc2cccc(OC)c2)cc1. The fraction of sp³-hybridized carbons (Fsp3) is 0.143. The highest BCUT2D eigenvalue weighted by molar-refractivity contribution is 7.80. The van der Waals surface area contributed by atoms with E-state index < -0.39 is 0 Å². The van der Waals surface area contributed by atoms with Crippen molar-refractivity contribution < 1.29 is 14.6 Å². The molecule has 0 amide bonds. The highest BCUT2D eigenvalue weighted by atomic mass is 32.1. The lowest BCUT2D eigenvalue weighted by atomic mass is 9.96. The van der Waals surface area contributed by atoms with Gasteiger partial charge in [0.2, 0.25) is 0 Å². The molecule has 1 atom stereocenters. The number of hydrogen-bond acceptors (Lipinski definition) is 5. The Bertz CT molecular complexity index is 1420. The van der Waals surface area contributed by atoms with Gasteiger partial charge in [0.15, 0.2) is 5.11 Å². The average Bonchev–Trinajstić information content (AvgIpc) is 3.34. The molecule has 0 spiro atoms. The van der Waals surface area contributed by atoms with Gasteiger partial charge in [-0.05, 0) is 53.5 Å². The van der Waals surface area contributed by atoms with E-state index in [1.165, 1.54) is 0 Å². The van der Waals surface area contributed by atoms with Gasteiger partial charge in [-0.3, -0.25) is 0 Å². The molecule has 4 aromatic carbocycles. The van der Waals surface area contributed by atoms with Gasteiger partial charge in [0, 0.05) is 29.1 Å². The molecule has 0 aliphatic carbocycles. The molecule has 6 nitrogen and oxygen atoms in total. The molecular weight excluding hydrogens is 458 g/mol. The zero-order chi connectivity index (χ0) is 24.4. The quantitative estimate of drug-likeness (QED) is 0.334. The summed E-state index contributed by atoms with van der Waals surface area (Å²) in [7, 11) is 3.28. The van der Waals surface area contributed by atoms with Crippen molar-refractivity contribution in [2.45, 2.75) is 12.5 Å². The first-order valence-corrected chi connectivity index (χ1v) is 11.6. The van der Waals surface area contributed by atoms with Gasteiger partial charge in [0.05, 0.1) is 26.0 Å². The maximum absolute atomic E-state index is 11.1. The van der Waals surface area contributed by atoms with E-state index in [9.17, 15) is 5.11 Å². The summed E-state index contributed by atoms with van der Waals surface area (Å²) in [6.45, 7) is 0. The normalized spacial score (nSPS) is 15.1. The Labute approximate surface area is 209 Å². The summed E-state index contributed by atoms with van der Waals surface area (Å²) in [5.74, 6) is 1.74. The molecule has 0 fully saturated rings. The molecule has 7 heteroatoms. The number of phenolic OH excluding ortho intramolecular Hbond substituents is 1. The van der Waals surface area contributed by atoms with Crippen LogP contribution >= 0.6 is 12.2 Å². The third kappa shape index (κ3) is 4.50. The third-order valence-corrected chi connectivity index (χ3v) is 6.44. The van der Waals surface area contributed by atoms with Gasteiger partial charge >= 0.3 is 0 Å². The first kappa shape index (κ1) is 22.7. The number of aromatic hydroxyl groups is 1. The van der Waals surface area contributed by atoms with Crippen LogP contribution in [0, 0.1) is 0 Å². The number of fused-ring (bicyclic) bond motifs is 1. The number of hydrogen-bond donors (Lipinski definition) is 2. The maximum Gasteiger partial charge on any atom is 0.194 e. The topological polar surface area (TPSA) is 66.3 Å². The maximum atomic E-state index is 11.1. The Balaban J connectivity index is 1.52. The minimum absolute atomic E-state index is 0.146. The second-order valence-electron chi connectivity index (χ2n) is 8.23. The number of ether oxygens (including phenoxy) is 2. The summed E-state index contributed by atoms with van der Waals surface area (Å²) in [5, 5.41) is 23.3. The van der Waals surface area contributed by atoms with E-state index in [4.69, 9.17) is 26.8 Å². The summed E-state index contributed by atoms with van der Waals surface area (Å²) in [6.07, 6.45) is 0.582. The lowest BCUT2D eigenvalue weighted by molar-refractivity contribution is 0.374. The number of thiocarbonyl (C=S) groups is 1. The molecule has 176 valence electrons. The van der Waals surface area contributed by atoms with Crippen molar-refractivity contribution in [1.29, 1.82) is 0 Å². The van der Waals surface area contributed by atoms with Gasteiger partial charge in [0.1, 0.15) is 17.2 Å². The highest BCUT2D eigenvalue weighted by Gasteiger charge is 2.32. The van der Waals surface area contributed by atoms with Gasteiger partial charge in [0.25, 0.3) is 0 Å². The number of rotatable bonds is 5. The molecule has 0 radical (unpaired) electrons. The monoisotopic (exact) mass is 483 g/mol. The van der Waals surface area contributed by atoms with E-state index in [1.807, 2.05) is 84.9 Å². The molecule has 0 bridgehead atoms. The van der Waals surface area contributed by atoms with Gasteiger partial charge in [-0.2, -0.15) is 5.10 Å². The van der Waals surface area contributed by atoms with Crippen LogP contribution < -0.4 is 14.8 Å². The van der Waals surface area contributed by atoms with Crippen molar-refractivity contribution in [1.82, 2.24) is 5.01 Å². The molecule has 1 unspecified atom stereocenters. The number of nitrogens with one attached hydrogen (secondary N) is 1. The number of methoxy groups -OCH3 is 2. The summed E-state index contributed by atoms with van der Waals surface area (Å²) < 4.78 is 10.7. The van der Waals surface area contributed by atoms with Crippen LogP contribution in [0.2, 0.25) is 0 Å². The molecule has 0 saturated heterocycles. The van der Waals surface area contributed by atoms with Gasteiger partial charge in [-0.1, -0.05) is 48.5 Å². The first-order chi connectivity index (χ1) is 17.1. The summed E-state index contributed by atoms with van der Waals surface area (Å²) in [5.41, 5.74) is 3.32. The Kier molecular flexibility index (Phi) is 6.25. The summed E-state index contributed by atoms with van der Waals surface area (Å²) in [6, 6.07) is 27.0. The molecule has 35 heavy (non-hydrogen) atoms. The molecule has 1 aliphatic heterocycles. The highest BCUT2D eigenvalue weighted by Crippen LogP contribution is 2.38. The van der Waals surface area contributed by atoms with Crippen LogP contribution in [0.15, 0.2) is 90.0 Å². The molecule has 0 saturated carbocycles. The average molecular weight is 484 g/mol. The lowest BCUT2D eigenvalue weighted by Gasteiger charge is -2.25. The summed E-state index contributed by atoms with van der Waals surface area (Å²) >= 11 is 5.79. The zero-order valence-electron chi connectivity index (χ0n) is 19.4. The minimum atomic E-state index is -0.146. The van der Waals surface area contributed by atoms with E-state index in [0.717, 1.165) is 39.2 Å². The molecule has 5 rings (SSSR count). The Hall–Kier alpha value is -4.10. The largest absolute Gasteiger partial charge is 0.507 e. The molecule has 1 aliphatic rings. The van der Waals surface area contributed by atoms with E-state index in [1.54, 1.807) is 19.2 Å². The van der Waals surface area contributed by atoms with Crippen LogP contribution in [0.3, 0.4) is 0 Å². The predicted octanol–water partition coefficient (Wildman–Crippen LogP) is 6.11. The van der Waals surface area contributed by atoms with Crippen molar-refractivity contribution in [2.75, 3.05) is 19.5 Å². The fourth-order valence-corrected chi connectivity index (χ4v) is 4.60. The van der Waals surface area contributed by atoms with Crippen LogP contribution in [0.1, 0.15) is 23.6 Å². The van der Waals surface area contributed by atoms with E-state index in [-0.39, 0.29) is 11.8 Å². The number of anilines is 1. The van der Waals surface area contributed by atoms with Crippen molar-refractivity contribution in [3.8, 4) is 17.2 Å². The smallest absolute Gasteiger partial charge is 0.194 e. The molecule has 4 aromatic rings. The van der Waals surface area contributed by atoms with E-state index in [2.05, 4.69) is 5.32 Å². The van der Waals surface area contributed by atoms with Gasteiger partial charge < -0.3 is 19.9 Å². The Morgan fingerprint density at radius 3 is 2.49 bits per heavy atom. The van der Waals surface area contributed by atoms with Crippen LogP contribution in [-0.4, -0.2) is 35.2 Å². The fourth-order valence-electron chi connectivity index (χ4n) is 4.32. The Morgan fingerprint density at radius 2 is 1.71 bits per heavy atom. The second kappa shape index (κ2) is 9.64. The van der Waals surface area contributed by atoms with Crippen LogP contribution in [0.25, 0.3) is 10.8 Å².